The number of ether oxygens (including phenoxy) is 1. The molecule has 23 heavy (non-hydrogen) atoms. The highest BCUT2D eigenvalue weighted by Crippen LogP contribution is 2.06. The van der Waals surface area contributed by atoms with Crippen molar-refractivity contribution in [1.29, 1.82) is 0 Å². The molecular weight excluding hydrogens is 300 g/mol. The number of nitrogens with one attached hydrogen (secondary N) is 1. The summed E-state index contributed by atoms with van der Waals surface area (Å²) in [6.07, 6.45) is 1.37. The van der Waals surface area contributed by atoms with E-state index in [0.717, 1.165) is 0 Å². The molecule has 120 valence electrons. The van der Waals surface area contributed by atoms with E-state index < -0.39 is 23.8 Å². The number of hydrogen-bond donors (Lipinski definition) is 2. The second-order valence-electron chi connectivity index (χ2n) is 4.84. The number of hydrogen-bond acceptors (Lipinski definition) is 5. The van der Waals surface area contributed by atoms with Gasteiger partial charge in [0.2, 0.25) is 5.91 Å². The molecule has 0 saturated carbocycles. The number of furan rings is 1. The lowest BCUT2D eigenvalue weighted by atomic mass is 10.1. The molecule has 0 aliphatic rings. The Hall–Kier alpha value is -3.09. The van der Waals surface area contributed by atoms with Crippen LogP contribution in [0.5, 0.6) is 0 Å². The summed E-state index contributed by atoms with van der Waals surface area (Å²) >= 11 is 0. The second kappa shape index (κ2) is 7.26. The van der Waals surface area contributed by atoms with Gasteiger partial charge in [-0.05, 0) is 36.8 Å². The topological polar surface area (TPSA) is 112 Å². The van der Waals surface area contributed by atoms with Crippen LogP contribution in [-0.4, -0.2) is 23.8 Å². The van der Waals surface area contributed by atoms with Crippen molar-refractivity contribution in [3.05, 3.63) is 59.5 Å². The van der Waals surface area contributed by atoms with Crippen LogP contribution < -0.4 is 11.1 Å². The van der Waals surface area contributed by atoms with Gasteiger partial charge >= 0.3 is 5.97 Å². The van der Waals surface area contributed by atoms with Crippen LogP contribution >= 0.6 is 0 Å². The third-order valence-electron chi connectivity index (χ3n) is 3.07. The Morgan fingerprint density at radius 3 is 2.48 bits per heavy atom. The summed E-state index contributed by atoms with van der Waals surface area (Å²) < 4.78 is 10.0. The molecule has 1 aromatic heterocycles. The molecule has 1 aromatic carbocycles. The summed E-state index contributed by atoms with van der Waals surface area (Å²) in [5.41, 5.74) is 6.22. The maximum Gasteiger partial charge on any atom is 0.328 e. The largest absolute Gasteiger partial charge is 0.459 e. The van der Waals surface area contributed by atoms with Gasteiger partial charge in [0, 0.05) is 5.56 Å². The Kier molecular flexibility index (Phi) is 5.14. The summed E-state index contributed by atoms with van der Waals surface area (Å²) in [6.45, 7) is 1.54. The number of benzene rings is 1. The SMILES string of the molecule is CC(NC(=O)c1ccco1)C(=O)OCc1ccc(C(N)=O)cc1. The molecule has 1 unspecified atom stereocenters. The van der Waals surface area contributed by atoms with Crippen LogP contribution in [0.3, 0.4) is 0 Å². The fourth-order valence-electron chi connectivity index (χ4n) is 1.78. The first kappa shape index (κ1) is 16.3. The van der Waals surface area contributed by atoms with Gasteiger partial charge in [-0.15, -0.1) is 0 Å². The lowest BCUT2D eigenvalue weighted by Crippen LogP contribution is -2.39. The molecule has 0 aliphatic carbocycles. The first-order valence-electron chi connectivity index (χ1n) is 6.87. The van der Waals surface area contributed by atoms with E-state index in [1.807, 2.05) is 0 Å². The van der Waals surface area contributed by atoms with Crippen molar-refractivity contribution in [3.8, 4) is 0 Å². The molecule has 7 heteroatoms. The summed E-state index contributed by atoms with van der Waals surface area (Å²) in [5.74, 6) is -1.48. The molecule has 2 amide bonds. The minimum Gasteiger partial charge on any atom is -0.459 e. The molecule has 0 bridgehead atoms. The monoisotopic (exact) mass is 316 g/mol. The number of carbonyl (C=O) groups is 3. The molecule has 0 fully saturated rings. The normalized spacial score (nSPS) is 11.5. The van der Waals surface area contributed by atoms with Crippen molar-refractivity contribution in [2.24, 2.45) is 5.73 Å². The summed E-state index contributed by atoms with van der Waals surface area (Å²) in [4.78, 5) is 34.6. The molecule has 1 atom stereocenters. The molecule has 7 nitrogen and oxygen atoms in total. The van der Waals surface area contributed by atoms with Gasteiger partial charge < -0.3 is 20.2 Å². The standard InChI is InChI=1S/C16H16N2O5/c1-10(18-15(20)13-3-2-8-22-13)16(21)23-9-11-4-6-12(7-5-11)14(17)19/h2-8,10H,9H2,1H3,(H2,17,19)(H,18,20). The number of esters is 1. The first-order chi connectivity index (χ1) is 11.0. The predicted octanol–water partition coefficient (Wildman–Crippen LogP) is 1.24. The Morgan fingerprint density at radius 2 is 1.91 bits per heavy atom. The van der Waals surface area contributed by atoms with Gasteiger partial charge in [-0.25, -0.2) is 4.79 Å². The van der Waals surface area contributed by atoms with Crippen molar-refractivity contribution < 1.29 is 23.5 Å². The van der Waals surface area contributed by atoms with Gasteiger partial charge in [-0.1, -0.05) is 12.1 Å². The molecule has 1 heterocycles. The molecule has 3 N–H and O–H groups in total. The van der Waals surface area contributed by atoms with E-state index in [4.69, 9.17) is 14.9 Å². The molecule has 2 aromatic rings. The maximum absolute atomic E-state index is 11.9. The summed E-state index contributed by atoms with van der Waals surface area (Å²) in [6, 6.07) is 8.62. The average molecular weight is 316 g/mol. The first-order valence-corrected chi connectivity index (χ1v) is 6.87. The van der Waals surface area contributed by atoms with Crippen molar-refractivity contribution in [3.63, 3.8) is 0 Å². The number of rotatable bonds is 6. The zero-order valence-corrected chi connectivity index (χ0v) is 12.4. The van der Waals surface area contributed by atoms with Gasteiger partial charge in [0.1, 0.15) is 12.6 Å². The summed E-state index contributed by atoms with van der Waals surface area (Å²) in [7, 11) is 0. The van der Waals surface area contributed by atoms with E-state index in [1.54, 1.807) is 30.3 Å². The molecule has 0 saturated heterocycles. The van der Waals surface area contributed by atoms with Crippen molar-refractivity contribution in [2.75, 3.05) is 0 Å². The van der Waals surface area contributed by atoms with Crippen LogP contribution in [0.2, 0.25) is 0 Å². The van der Waals surface area contributed by atoms with Crippen molar-refractivity contribution >= 4 is 17.8 Å². The maximum atomic E-state index is 11.9. The third-order valence-corrected chi connectivity index (χ3v) is 3.07. The van der Waals surface area contributed by atoms with Crippen LogP contribution in [0.15, 0.2) is 47.1 Å². The Morgan fingerprint density at radius 1 is 1.22 bits per heavy atom. The molecule has 2 rings (SSSR count). The summed E-state index contributed by atoms with van der Waals surface area (Å²) in [5, 5.41) is 2.47. The number of carbonyl (C=O) groups excluding carboxylic acids is 3. The number of primary amides is 1. The molecule has 0 spiro atoms. The van der Waals surface area contributed by atoms with Crippen LogP contribution in [0, 0.1) is 0 Å². The van der Waals surface area contributed by atoms with Crippen LogP contribution in [-0.2, 0) is 16.1 Å². The van der Waals surface area contributed by atoms with E-state index in [1.165, 1.54) is 19.3 Å². The fourth-order valence-corrected chi connectivity index (χ4v) is 1.78. The van der Waals surface area contributed by atoms with E-state index in [-0.39, 0.29) is 12.4 Å². The van der Waals surface area contributed by atoms with E-state index >= 15 is 0 Å². The lowest BCUT2D eigenvalue weighted by molar-refractivity contribution is -0.146. The van der Waals surface area contributed by atoms with Crippen molar-refractivity contribution in [1.82, 2.24) is 5.32 Å². The zero-order valence-electron chi connectivity index (χ0n) is 12.4. The number of amides is 2. The Labute approximate surface area is 132 Å². The van der Waals surface area contributed by atoms with Crippen LogP contribution in [0.1, 0.15) is 33.4 Å². The molecule has 0 aliphatic heterocycles. The predicted molar refractivity (Wildman–Crippen MR) is 80.4 cm³/mol. The Bertz CT molecular complexity index is 692. The Balaban J connectivity index is 1.84. The van der Waals surface area contributed by atoms with Crippen LogP contribution in [0.25, 0.3) is 0 Å². The molecule has 0 radical (unpaired) electrons. The van der Waals surface area contributed by atoms with Gasteiger partial charge in [-0.2, -0.15) is 0 Å². The van der Waals surface area contributed by atoms with Crippen molar-refractivity contribution in [2.45, 2.75) is 19.6 Å². The highest BCUT2D eigenvalue weighted by atomic mass is 16.5. The van der Waals surface area contributed by atoms with Gasteiger partial charge in [-0.3, -0.25) is 9.59 Å². The smallest absolute Gasteiger partial charge is 0.328 e. The van der Waals surface area contributed by atoms with Gasteiger partial charge in [0.15, 0.2) is 5.76 Å². The highest BCUT2D eigenvalue weighted by Gasteiger charge is 2.19. The number of nitrogens with two attached hydrogens (primary N) is 1. The lowest BCUT2D eigenvalue weighted by Gasteiger charge is -2.12. The fraction of sp³-hybridized carbons (Fsp3) is 0.188. The van der Waals surface area contributed by atoms with E-state index in [0.29, 0.717) is 11.1 Å². The highest BCUT2D eigenvalue weighted by molar-refractivity contribution is 5.94. The molecular formula is C16H16N2O5. The second-order valence-corrected chi connectivity index (χ2v) is 4.84. The van der Waals surface area contributed by atoms with E-state index in [2.05, 4.69) is 5.32 Å². The quantitative estimate of drug-likeness (QED) is 0.779. The van der Waals surface area contributed by atoms with E-state index in [9.17, 15) is 14.4 Å². The third kappa shape index (κ3) is 4.44. The average Bonchev–Trinajstić information content (AvgIpc) is 3.07. The zero-order chi connectivity index (χ0) is 16.8. The van der Waals surface area contributed by atoms with Gasteiger partial charge in [0.25, 0.3) is 5.91 Å². The van der Waals surface area contributed by atoms with Gasteiger partial charge in [0.05, 0.1) is 6.26 Å². The minimum absolute atomic E-state index is 0.0266. The minimum atomic E-state index is -0.822. The van der Waals surface area contributed by atoms with Crippen LogP contribution in [0.4, 0.5) is 0 Å².